The lowest BCUT2D eigenvalue weighted by Gasteiger charge is -2.33. The maximum Gasteiger partial charge on any atom is 0.410 e. The average Bonchev–Trinajstić information content (AvgIpc) is 3.27. The molecule has 10 nitrogen and oxygen atoms in total. The first-order chi connectivity index (χ1) is 16.9. The van der Waals surface area contributed by atoms with E-state index < -0.39 is 16.1 Å². The second-order valence-electron chi connectivity index (χ2n) is 8.30. The van der Waals surface area contributed by atoms with Gasteiger partial charge in [-0.1, -0.05) is 30.3 Å². The number of piperazine rings is 1. The highest BCUT2D eigenvalue weighted by molar-refractivity contribution is 7.89. The van der Waals surface area contributed by atoms with Crippen LogP contribution in [0.25, 0.3) is 0 Å². The number of carbonyl (C=O) groups excluding carboxylic acids is 3. The van der Waals surface area contributed by atoms with Gasteiger partial charge in [-0.2, -0.15) is 4.31 Å². The summed E-state index contributed by atoms with van der Waals surface area (Å²) in [6.45, 7) is 1.35. The van der Waals surface area contributed by atoms with E-state index in [2.05, 4.69) is 5.23 Å². The summed E-state index contributed by atoms with van der Waals surface area (Å²) in [6.07, 6.45) is 0.409. The van der Waals surface area contributed by atoms with Crippen LogP contribution in [0.5, 0.6) is 0 Å². The SMILES string of the molecule is O=C[B]NC1CC(=O)N(c2ccc(S(=O)(=O)N3CCN(C(=O)OCc4ccccc4)CC3)cc2)C1. The predicted molar refractivity (Wildman–Crippen MR) is 130 cm³/mol. The number of hydrogen-bond donors (Lipinski definition) is 1. The van der Waals surface area contributed by atoms with E-state index in [4.69, 9.17) is 4.74 Å². The monoisotopic (exact) mass is 497 g/mol. The maximum atomic E-state index is 13.1. The van der Waals surface area contributed by atoms with Gasteiger partial charge in [0.05, 0.1) is 11.1 Å². The molecule has 1 atom stereocenters. The maximum absolute atomic E-state index is 13.1. The summed E-state index contributed by atoms with van der Waals surface area (Å²) in [4.78, 5) is 38.3. The van der Waals surface area contributed by atoms with E-state index >= 15 is 0 Å². The highest BCUT2D eigenvalue weighted by Gasteiger charge is 2.32. The number of rotatable bonds is 8. The predicted octanol–water partition coefficient (Wildman–Crippen LogP) is 0.834. The molecule has 2 aliphatic rings. The topological polar surface area (TPSA) is 116 Å². The molecule has 1 radical (unpaired) electrons. The quantitative estimate of drug-likeness (QED) is 0.424. The van der Waals surface area contributed by atoms with Crippen LogP contribution >= 0.6 is 0 Å². The number of hydrogen-bond acceptors (Lipinski definition) is 7. The Labute approximate surface area is 205 Å². The molecule has 0 aliphatic carbocycles. The van der Waals surface area contributed by atoms with Crippen molar-refractivity contribution < 1.29 is 27.5 Å². The molecule has 2 heterocycles. The summed E-state index contributed by atoms with van der Waals surface area (Å²) < 4.78 is 32.9. The summed E-state index contributed by atoms with van der Waals surface area (Å²) in [6, 6.07) is 15.3. The molecule has 2 fully saturated rings. The van der Waals surface area contributed by atoms with Crippen LogP contribution in [0.1, 0.15) is 12.0 Å². The van der Waals surface area contributed by atoms with Gasteiger partial charge in [-0.25, -0.2) is 13.2 Å². The minimum Gasteiger partial charge on any atom is -0.445 e. The number of nitrogens with zero attached hydrogens (tertiary/aromatic N) is 3. The third kappa shape index (κ3) is 5.89. The van der Waals surface area contributed by atoms with E-state index in [1.807, 2.05) is 30.3 Å². The molecule has 1 N–H and O–H groups in total. The van der Waals surface area contributed by atoms with Crippen molar-refractivity contribution in [3.8, 4) is 0 Å². The summed E-state index contributed by atoms with van der Waals surface area (Å²) in [5, 5.41) is 2.87. The molecular formula is C23H26BN4O6S. The summed E-state index contributed by atoms with van der Waals surface area (Å²) >= 11 is 0. The van der Waals surface area contributed by atoms with Crippen molar-refractivity contribution in [2.45, 2.75) is 24.0 Å². The second kappa shape index (κ2) is 11.0. The molecule has 4 rings (SSSR count). The van der Waals surface area contributed by atoms with Gasteiger partial charge < -0.3 is 24.6 Å². The van der Waals surface area contributed by atoms with Crippen molar-refractivity contribution in [3.05, 3.63) is 60.2 Å². The minimum absolute atomic E-state index is 0.104. The smallest absolute Gasteiger partial charge is 0.410 e. The third-order valence-corrected chi connectivity index (χ3v) is 7.93. The lowest BCUT2D eigenvalue weighted by molar-refractivity contribution is -0.117. The molecular weight excluding hydrogens is 471 g/mol. The summed E-state index contributed by atoms with van der Waals surface area (Å²) in [5.74, 6) is -0.104. The van der Waals surface area contributed by atoms with Crippen molar-refractivity contribution in [1.29, 1.82) is 0 Å². The van der Waals surface area contributed by atoms with Crippen LogP contribution in [-0.2, 0) is 31.0 Å². The van der Waals surface area contributed by atoms with E-state index in [9.17, 15) is 22.8 Å². The van der Waals surface area contributed by atoms with Crippen LogP contribution in [0.2, 0.25) is 0 Å². The number of anilines is 1. The normalized spacial score (nSPS) is 19.0. The minimum atomic E-state index is -3.75. The fourth-order valence-electron chi connectivity index (χ4n) is 4.11. The number of nitrogens with one attached hydrogen (secondary N) is 1. The number of benzene rings is 2. The molecule has 2 aromatic carbocycles. The molecule has 183 valence electrons. The zero-order valence-electron chi connectivity index (χ0n) is 19.1. The zero-order chi connectivity index (χ0) is 24.8. The Morgan fingerprint density at radius 1 is 1.06 bits per heavy atom. The first kappa shape index (κ1) is 24.9. The van der Waals surface area contributed by atoms with Gasteiger partial charge in [-0.15, -0.1) is 0 Å². The summed E-state index contributed by atoms with van der Waals surface area (Å²) in [7, 11) is -2.48. The van der Waals surface area contributed by atoms with Crippen molar-refractivity contribution in [3.63, 3.8) is 0 Å². The average molecular weight is 497 g/mol. The Balaban J connectivity index is 1.31. The van der Waals surface area contributed by atoms with Crippen LogP contribution in [-0.4, -0.2) is 82.0 Å². The first-order valence-corrected chi connectivity index (χ1v) is 12.7. The van der Waals surface area contributed by atoms with Crippen LogP contribution in [0.4, 0.5) is 10.5 Å². The van der Waals surface area contributed by atoms with E-state index in [0.29, 0.717) is 18.4 Å². The van der Waals surface area contributed by atoms with Gasteiger partial charge in [-0.3, -0.25) is 4.79 Å². The Bertz CT molecular complexity index is 1150. The van der Waals surface area contributed by atoms with Gasteiger partial charge in [0.2, 0.25) is 15.9 Å². The van der Waals surface area contributed by atoms with Crippen molar-refractivity contribution >= 4 is 41.3 Å². The number of sulfonamides is 1. The van der Waals surface area contributed by atoms with Gasteiger partial charge in [0.25, 0.3) is 7.41 Å². The largest absolute Gasteiger partial charge is 0.445 e. The molecule has 0 spiro atoms. The van der Waals surface area contributed by atoms with Gasteiger partial charge in [0.1, 0.15) is 6.61 Å². The summed E-state index contributed by atoms with van der Waals surface area (Å²) in [5.41, 5.74) is 1.47. The molecule has 2 aromatic rings. The molecule has 2 saturated heterocycles. The fourth-order valence-corrected chi connectivity index (χ4v) is 5.54. The van der Waals surface area contributed by atoms with E-state index in [0.717, 1.165) is 5.56 Å². The number of carbonyl (C=O) groups is 3. The van der Waals surface area contributed by atoms with Crippen LogP contribution < -0.4 is 10.1 Å². The Hall–Kier alpha value is -3.22. The highest BCUT2D eigenvalue weighted by Crippen LogP contribution is 2.25. The molecule has 0 bridgehead atoms. The first-order valence-electron chi connectivity index (χ1n) is 11.3. The third-order valence-electron chi connectivity index (χ3n) is 6.01. The van der Waals surface area contributed by atoms with Crippen molar-refractivity contribution in [2.24, 2.45) is 0 Å². The lowest BCUT2D eigenvalue weighted by Crippen LogP contribution is -2.50. The van der Waals surface area contributed by atoms with Gasteiger partial charge in [0.15, 0.2) is 0 Å². The molecule has 1 unspecified atom stereocenters. The van der Waals surface area contributed by atoms with E-state index in [1.165, 1.54) is 28.8 Å². The van der Waals surface area contributed by atoms with Crippen molar-refractivity contribution in [1.82, 2.24) is 14.4 Å². The number of amides is 2. The molecule has 2 amide bonds. The Kier molecular flexibility index (Phi) is 7.84. The van der Waals surface area contributed by atoms with Gasteiger partial charge in [-0.05, 0) is 29.8 Å². The Morgan fingerprint density at radius 3 is 2.40 bits per heavy atom. The van der Waals surface area contributed by atoms with Gasteiger partial charge in [0, 0.05) is 50.9 Å². The molecule has 0 aromatic heterocycles. The fraction of sp³-hybridized carbons (Fsp3) is 0.348. The molecule has 12 heteroatoms. The standard InChI is InChI=1S/C23H26BN4O6S/c29-17-24-25-19-14-22(30)28(15-19)20-6-8-21(9-7-20)35(32,33)27-12-10-26(11-13-27)23(31)34-16-18-4-2-1-3-5-18/h1-9,17,19,25H,10-16H2. The second-order valence-corrected chi connectivity index (χ2v) is 10.2. The zero-order valence-corrected chi connectivity index (χ0v) is 19.9. The van der Waals surface area contributed by atoms with Crippen LogP contribution in [0.3, 0.4) is 0 Å². The lowest BCUT2D eigenvalue weighted by atomic mass is 9.96. The van der Waals surface area contributed by atoms with Crippen LogP contribution in [0.15, 0.2) is 59.5 Å². The molecule has 2 aliphatic heterocycles. The van der Waals surface area contributed by atoms with Gasteiger partial charge >= 0.3 is 6.09 Å². The highest BCUT2D eigenvalue weighted by atomic mass is 32.2. The van der Waals surface area contributed by atoms with Crippen molar-refractivity contribution in [2.75, 3.05) is 37.6 Å². The van der Waals surface area contributed by atoms with Crippen LogP contribution in [0, 0.1) is 0 Å². The van der Waals surface area contributed by atoms with E-state index in [-0.39, 0.29) is 56.1 Å². The van der Waals surface area contributed by atoms with E-state index in [1.54, 1.807) is 17.0 Å². The molecule has 35 heavy (non-hydrogen) atoms. The number of ether oxygens (including phenoxy) is 1. The molecule has 0 saturated carbocycles. The Morgan fingerprint density at radius 2 is 1.74 bits per heavy atom.